The van der Waals surface area contributed by atoms with Gasteiger partial charge in [0, 0.05) is 5.39 Å². The van der Waals surface area contributed by atoms with Crippen LogP contribution in [0.1, 0.15) is 23.0 Å². The molecule has 0 unspecified atom stereocenters. The summed E-state index contributed by atoms with van der Waals surface area (Å²) < 4.78 is 44.9. The molecule has 6 nitrogen and oxygen atoms in total. The molecule has 0 spiro atoms. The lowest BCUT2D eigenvalue weighted by molar-refractivity contribution is -0.145. The maximum absolute atomic E-state index is 13.4. The van der Waals surface area contributed by atoms with Gasteiger partial charge in [-0.25, -0.2) is 4.79 Å². The van der Waals surface area contributed by atoms with Crippen molar-refractivity contribution in [2.45, 2.75) is 13.1 Å². The molecule has 0 aliphatic heterocycles. The van der Waals surface area contributed by atoms with E-state index in [4.69, 9.17) is 0 Å². The largest absolute Gasteiger partial charge is 0.462 e. The molecule has 0 atom stereocenters. The molecule has 0 aliphatic carbocycles. The Morgan fingerprint density at radius 2 is 1.87 bits per heavy atom. The number of halogens is 3. The van der Waals surface area contributed by atoms with E-state index in [1.54, 1.807) is 24.3 Å². The molecule has 0 amide bonds. The van der Waals surface area contributed by atoms with Crippen LogP contribution in [0.3, 0.4) is 0 Å². The zero-order valence-corrected chi connectivity index (χ0v) is 11.9. The molecular weight excluding hydrogens is 313 g/mol. The summed E-state index contributed by atoms with van der Waals surface area (Å²) in [6, 6.07) is 6.73. The minimum Gasteiger partial charge on any atom is -0.462 e. The third-order valence-corrected chi connectivity index (χ3v) is 3.15. The van der Waals surface area contributed by atoms with E-state index in [1.807, 2.05) is 0 Å². The second-order valence-electron chi connectivity index (χ2n) is 4.61. The van der Waals surface area contributed by atoms with Crippen molar-refractivity contribution in [3.63, 3.8) is 0 Å². The molecule has 9 heteroatoms. The Kier molecular flexibility index (Phi) is 3.55. The molecule has 3 aromatic rings. The summed E-state index contributed by atoms with van der Waals surface area (Å²) in [7, 11) is 0. The number of aromatic nitrogens is 4. The van der Waals surface area contributed by atoms with Crippen molar-refractivity contribution in [3.05, 3.63) is 47.9 Å². The Bertz CT molecular complexity index is 866. The topological polar surface area (TPSA) is 61.9 Å². The Morgan fingerprint density at radius 1 is 1.17 bits per heavy atom. The molecule has 0 aliphatic rings. The maximum Gasteiger partial charge on any atom is 0.436 e. The van der Waals surface area contributed by atoms with Crippen molar-refractivity contribution in [2.24, 2.45) is 0 Å². The van der Waals surface area contributed by atoms with Crippen LogP contribution in [0.15, 0.2) is 36.7 Å². The molecule has 0 fully saturated rings. The van der Waals surface area contributed by atoms with Gasteiger partial charge in [-0.1, -0.05) is 18.2 Å². The van der Waals surface area contributed by atoms with Gasteiger partial charge in [0.2, 0.25) is 0 Å². The van der Waals surface area contributed by atoms with E-state index in [0.29, 0.717) is 15.7 Å². The van der Waals surface area contributed by atoms with Gasteiger partial charge < -0.3 is 4.74 Å². The normalized spacial score (nSPS) is 11.8. The first kappa shape index (κ1) is 15.1. The molecule has 0 N–H and O–H groups in total. The van der Waals surface area contributed by atoms with Gasteiger partial charge in [-0.05, 0) is 13.0 Å². The van der Waals surface area contributed by atoms with Crippen LogP contribution < -0.4 is 0 Å². The summed E-state index contributed by atoms with van der Waals surface area (Å²) in [5, 5.41) is 8.25. The highest BCUT2D eigenvalue weighted by molar-refractivity contribution is 5.90. The zero-order valence-electron chi connectivity index (χ0n) is 11.9. The van der Waals surface area contributed by atoms with Gasteiger partial charge >= 0.3 is 12.1 Å². The van der Waals surface area contributed by atoms with Crippen LogP contribution in [0, 0.1) is 0 Å². The third-order valence-electron chi connectivity index (χ3n) is 3.15. The van der Waals surface area contributed by atoms with Crippen LogP contribution in [-0.4, -0.2) is 32.4 Å². The molecule has 2 aromatic heterocycles. The Balaban J connectivity index is 2.22. The molecule has 0 radical (unpaired) electrons. The summed E-state index contributed by atoms with van der Waals surface area (Å²) in [5.74, 6) is -1.08. The molecule has 0 bridgehead atoms. The molecular formula is C14H11F3N4O2. The number of fused-ring (bicyclic) bond motifs is 1. The number of carbonyl (C=O) groups excluding carboxylic acids is 1. The lowest BCUT2D eigenvalue weighted by Crippen LogP contribution is -2.24. The second kappa shape index (κ2) is 5.41. The van der Waals surface area contributed by atoms with Crippen molar-refractivity contribution in [1.29, 1.82) is 0 Å². The Morgan fingerprint density at radius 3 is 2.57 bits per heavy atom. The zero-order chi connectivity index (χ0) is 16.6. The van der Waals surface area contributed by atoms with Crippen LogP contribution in [0.5, 0.6) is 0 Å². The first-order valence-electron chi connectivity index (χ1n) is 6.69. The van der Waals surface area contributed by atoms with E-state index >= 15 is 0 Å². The smallest absolute Gasteiger partial charge is 0.436 e. The fraction of sp³-hybridized carbons (Fsp3) is 0.214. The highest BCUT2D eigenvalue weighted by Crippen LogP contribution is 2.33. The Labute approximate surface area is 128 Å². The predicted molar refractivity (Wildman–Crippen MR) is 73.7 cm³/mol. The number of ether oxygens (including phenoxy) is 1. The van der Waals surface area contributed by atoms with Gasteiger partial charge in [0.25, 0.3) is 0 Å². The van der Waals surface area contributed by atoms with E-state index in [9.17, 15) is 18.0 Å². The van der Waals surface area contributed by atoms with Crippen molar-refractivity contribution in [2.75, 3.05) is 6.61 Å². The number of nitrogens with zero attached hydrogens (tertiary/aromatic N) is 4. The van der Waals surface area contributed by atoms with Crippen molar-refractivity contribution in [3.8, 4) is 0 Å². The first-order chi connectivity index (χ1) is 10.9. The lowest BCUT2D eigenvalue weighted by Gasteiger charge is -2.12. The second-order valence-corrected chi connectivity index (χ2v) is 4.61. The van der Waals surface area contributed by atoms with Crippen LogP contribution >= 0.6 is 0 Å². The molecule has 3 rings (SSSR count). The summed E-state index contributed by atoms with van der Waals surface area (Å²) in [5.41, 5.74) is -1.46. The number of benzene rings is 1. The minimum absolute atomic E-state index is 0.0357. The highest BCUT2D eigenvalue weighted by atomic mass is 19.4. The fourth-order valence-electron chi connectivity index (χ4n) is 2.22. The quantitative estimate of drug-likeness (QED) is 0.695. The van der Waals surface area contributed by atoms with E-state index in [1.165, 1.54) is 13.1 Å². The van der Waals surface area contributed by atoms with Gasteiger partial charge in [0.15, 0.2) is 5.69 Å². The number of carbonyl (C=O) groups is 1. The van der Waals surface area contributed by atoms with Crippen molar-refractivity contribution < 1.29 is 22.7 Å². The van der Waals surface area contributed by atoms with E-state index < -0.39 is 23.4 Å². The van der Waals surface area contributed by atoms with E-state index in [-0.39, 0.29) is 6.61 Å². The van der Waals surface area contributed by atoms with Crippen molar-refractivity contribution in [1.82, 2.24) is 19.8 Å². The summed E-state index contributed by atoms with van der Waals surface area (Å²) >= 11 is 0. The van der Waals surface area contributed by atoms with Crippen LogP contribution in [-0.2, 0) is 10.9 Å². The first-order valence-corrected chi connectivity index (χ1v) is 6.69. The molecule has 2 heterocycles. The van der Waals surface area contributed by atoms with Gasteiger partial charge in [-0.3, -0.25) is 0 Å². The van der Waals surface area contributed by atoms with Gasteiger partial charge in [-0.2, -0.15) is 28.2 Å². The van der Waals surface area contributed by atoms with Crippen molar-refractivity contribution >= 4 is 16.9 Å². The monoisotopic (exact) mass is 324 g/mol. The van der Waals surface area contributed by atoms with Crippen LogP contribution in [0.4, 0.5) is 13.2 Å². The average molecular weight is 324 g/mol. The fourth-order valence-corrected chi connectivity index (χ4v) is 2.22. The van der Waals surface area contributed by atoms with E-state index in [0.717, 1.165) is 11.0 Å². The van der Waals surface area contributed by atoms with Gasteiger partial charge in [0.05, 0.1) is 24.5 Å². The summed E-state index contributed by atoms with van der Waals surface area (Å²) in [6.45, 7) is 1.47. The Hall–Kier alpha value is -2.84. The number of hydrogen-bond donors (Lipinski definition) is 0. The molecule has 0 saturated heterocycles. The molecule has 0 saturated carbocycles. The van der Waals surface area contributed by atoms with Crippen LogP contribution in [0.2, 0.25) is 0 Å². The summed E-state index contributed by atoms with van der Waals surface area (Å²) in [4.78, 5) is 13.3. The average Bonchev–Trinajstić information content (AvgIpc) is 3.10. The third kappa shape index (κ3) is 2.54. The SMILES string of the molecule is CCOC(=O)c1cnn(-n2ncc3ccccc32)c1C(F)(F)F. The standard InChI is InChI=1S/C14H11F3N4O2/c1-2-23-13(22)10-8-19-21(12(10)14(15,16)17)20-11-6-4-3-5-9(11)7-18-20/h3-8H,2H2,1H3. The van der Waals surface area contributed by atoms with Gasteiger partial charge in [-0.15, -0.1) is 4.79 Å². The maximum atomic E-state index is 13.4. The van der Waals surface area contributed by atoms with E-state index in [2.05, 4.69) is 14.9 Å². The number of esters is 1. The predicted octanol–water partition coefficient (Wildman–Crippen LogP) is 2.74. The van der Waals surface area contributed by atoms with Crippen LogP contribution in [0.25, 0.3) is 10.9 Å². The lowest BCUT2D eigenvalue weighted by atomic mass is 10.2. The number of alkyl halides is 3. The molecule has 23 heavy (non-hydrogen) atoms. The minimum atomic E-state index is -4.80. The summed E-state index contributed by atoms with van der Waals surface area (Å²) in [6.07, 6.45) is -2.55. The highest BCUT2D eigenvalue weighted by Gasteiger charge is 2.41. The number of rotatable bonds is 3. The van der Waals surface area contributed by atoms with Gasteiger partial charge in [0.1, 0.15) is 5.56 Å². The number of hydrogen-bond acceptors (Lipinski definition) is 4. The number of para-hydroxylation sites is 1. The molecule has 1 aromatic carbocycles. The molecule has 120 valence electrons.